The Morgan fingerprint density at radius 1 is 1.00 bits per heavy atom. The summed E-state index contributed by atoms with van der Waals surface area (Å²) in [6.07, 6.45) is 0.741. The summed E-state index contributed by atoms with van der Waals surface area (Å²) in [5.74, 6) is 0.145. The highest BCUT2D eigenvalue weighted by atomic mass is 16.6. The molecule has 0 fully saturated rings. The number of fused-ring (bicyclic) bond motifs is 1. The van der Waals surface area contributed by atoms with E-state index in [9.17, 15) is 9.59 Å². The summed E-state index contributed by atoms with van der Waals surface area (Å²) < 4.78 is 12.1. The monoisotopic (exact) mass is 352 g/mol. The van der Waals surface area contributed by atoms with Gasteiger partial charge in [0.2, 0.25) is 0 Å². The molecule has 0 saturated heterocycles. The Labute approximate surface area is 151 Å². The van der Waals surface area contributed by atoms with Crippen LogP contribution in [0.1, 0.15) is 23.8 Å². The van der Waals surface area contributed by atoms with Gasteiger partial charge in [0.25, 0.3) is 5.56 Å². The van der Waals surface area contributed by atoms with Crippen molar-refractivity contribution in [2.24, 2.45) is 0 Å². The van der Waals surface area contributed by atoms with E-state index in [1.165, 1.54) is 4.68 Å². The largest absolute Gasteiger partial charge is 0.490 e. The fourth-order valence-corrected chi connectivity index (χ4v) is 2.63. The quantitative estimate of drug-likeness (QED) is 0.483. The molecule has 0 aliphatic rings. The predicted molar refractivity (Wildman–Crippen MR) is 98.5 cm³/mol. The Bertz CT molecular complexity index is 951. The van der Waals surface area contributed by atoms with Gasteiger partial charge in [-0.15, -0.1) is 0 Å². The minimum absolute atomic E-state index is 0.0939. The van der Waals surface area contributed by atoms with E-state index >= 15 is 0 Å². The molecule has 0 spiro atoms. The molecule has 1 heterocycles. The van der Waals surface area contributed by atoms with E-state index in [1.807, 2.05) is 37.3 Å². The maximum atomic E-state index is 12.5. The highest BCUT2D eigenvalue weighted by Crippen LogP contribution is 2.14. The van der Waals surface area contributed by atoms with Crippen LogP contribution in [0.3, 0.4) is 0 Å². The summed E-state index contributed by atoms with van der Waals surface area (Å²) in [6.45, 7) is 2.72. The normalized spacial score (nSPS) is 10.7. The standard InChI is InChI=1S/C20H20N2O4/c1-2-12-22-19(23)17-11-7-6-10-16(17)18(21-22)20(24)26-14-13-25-15-8-4-3-5-9-15/h3-11H,2,12-14H2,1H3. The van der Waals surface area contributed by atoms with Crippen LogP contribution in [0.15, 0.2) is 59.4 Å². The number of esters is 1. The van der Waals surface area contributed by atoms with E-state index in [-0.39, 0.29) is 24.5 Å². The molecule has 134 valence electrons. The second kappa shape index (κ2) is 8.29. The van der Waals surface area contributed by atoms with Gasteiger partial charge in [0.15, 0.2) is 5.69 Å². The molecule has 1 aromatic heterocycles. The first-order valence-electron chi connectivity index (χ1n) is 8.55. The van der Waals surface area contributed by atoms with Crippen molar-refractivity contribution in [2.45, 2.75) is 19.9 Å². The highest BCUT2D eigenvalue weighted by molar-refractivity contribution is 6.02. The zero-order valence-corrected chi connectivity index (χ0v) is 14.6. The molecule has 0 bridgehead atoms. The van der Waals surface area contributed by atoms with E-state index < -0.39 is 5.97 Å². The van der Waals surface area contributed by atoms with Gasteiger partial charge in [-0.05, 0) is 24.6 Å². The van der Waals surface area contributed by atoms with Crippen molar-refractivity contribution in [1.82, 2.24) is 9.78 Å². The van der Waals surface area contributed by atoms with Crippen LogP contribution < -0.4 is 10.3 Å². The maximum absolute atomic E-state index is 12.5. The third-order valence-corrected chi connectivity index (χ3v) is 3.82. The first-order valence-corrected chi connectivity index (χ1v) is 8.55. The molecule has 0 atom stereocenters. The maximum Gasteiger partial charge on any atom is 0.359 e. The van der Waals surface area contributed by atoms with Gasteiger partial charge in [-0.3, -0.25) is 4.79 Å². The van der Waals surface area contributed by atoms with Gasteiger partial charge in [-0.2, -0.15) is 5.10 Å². The molecule has 2 aromatic carbocycles. The number of carbonyl (C=O) groups is 1. The number of aryl methyl sites for hydroxylation is 1. The molecule has 3 aromatic rings. The number of nitrogens with zero attached hydrogens (tertiary/aromatic N) is 2. The van der Waals surface area contributed by atoms with E-state index in [4.69, 9.17) is 9.47 Å². The van der Waals surface area contributed by atoms with Crippen molar-refractivity contribution < 1.29 is 14.3 Å². The molecule has 0 amide bonds. The Morgan fingerprint density at radius 2 is 1.69 bits per heavy atom. The fourth-order valence-electron chi connectivity index (χ4n) is 2.63. The zero-order chi connectivity index (χ0) is 18.4. The molecule has 0 saturated carbocycles. The summed E-state index contributed by atoms with van der Waals surface area (Å²) in [5, 5.41) is 5.18. The molecular formula is C20H20N2O4. The Kier molecular flexibility index (Phi) is 5.63. The molecule has 0 unspecified atom stereocenters. The van der Waals surface area contributed by atoms with Crippen LogP contribution in [-0.2, 0) is 11.3 Å². The number of benzene rings is 2. The molecule has 0 N–H and O–H groups in total. The van der Waals surface area contributed by atoms with Crippen LogP contribution in [0, 0.1) is 0 Å². The molecule has 0 radical (unpaired) electrons. The average Bonchev–Trinajstić information content (AvgIpc) is 2.68. The van der Waals surface area contributed by atoms with Gasteiger partial charge >= 0.3 is 5.97 Å². The second-order valence-electron chi connectivity index (χ2n) is 5.72. The van der Waals surface area contributed by atoms with Gasteiger partial charge in [-0.25, -0.2) is 9.48 Å². The summed E-state index contributed by atoms with van der Waals surface area (Å²) in [7, 11) is 0. The molecule has 6 nitrogen and oxygen atoms in total. The van der Waals surface area contributed by atoms with E-state index in [1.54, 1.807) is 24.3 Å². The van der Waals surface area contributed by atoms with Crippen molar-refractivity contribution in [3.8, 4) is 5.75 Å². The predicted octanol–water partition coefficient (Wildman–Crippen LogP) is 3.04. The number of hydrogen-bond acceptors (Lipinski definition) is 5. The molecule has 26 heavy (non-hydrogen) atoms. The SMILES string of the molecule is CCCn1nc(C(=O)OCCOc2ccccc2)c2ccccc2c1=O. The van der Waals surface area contributed by atoms with Crippen LogP contribution in [0.4, 0.5) is 0 Å². The Hall–Kier alpha value is -3.15. The third-order valence-electron chi connectivity index (χ3n) is 3.82. The van der Waals surface area contributed by atoms with Crippen molar-refractivity contribution in [2.75, 3.05) is 13.2 Å². The van der Waals surface area contributed by atoms with Crippen LogP contribution in [0.5, 0.6) is 5.75 Å². The highest BCUT2D eigenvalue weighted by Gasteiger charge is 2.17. The lowest BCUT2D eigenvalue weighted by molar-refractivity contribution is 0.0443. The topological polar surface area (TPSA) is 70.4 Å². The number of hydrogen-bond donors (Lipinski definition) is 0. The van der Waals surface area contributed by atoms with Crippen molar-refractivity contribution in [3.63, 3.8) is 0 Å². The summed E-state index contributed by atoms with van der Waals surface area (Å²) in [4.78, 5) is 24.9. The lowest BCUT2D eigenvalue weighted by atomic mass is 10.1. The smallest absolute Gasteiger partial charge is 0.359 e. The first-order chi connectivity index (χ1) is 12.7. The number of aromatic nitrogens is 2. The van der Waals surface area contributed by atoms with Crippen LogP contribution in [0.25, 0.3) is 10.8 Å². The third kappa shape index (κ3) is 3.91. The molecule has 6 heteroatoms. The van der Waals surface area contributed by atoms with Crippen LogP contribution >= 0.6 is 0 Å². The van der Waals surface area contributed by atoms with Gasteiger partial charge in [-0.1, -0.05) is 43.3 Å². The molecule has 0 aliphatic heterocycles. The number of para-hydroxylation sites is 1. The minimum Gasteiger partial charge on any atom is -0.490 e. The number of ether oxygens (including phenoxy) is 2. The zero-order valence-electron chi connectivity index (χ0n) is 14.6. The molecular weight excluding hydrogens is 332 g/mol. The Balaban J connectivity index is 1.75. The molecule has 0 aliphatic carbocycles. The fraction of sp³-hybridized carbons (Fsp3) is 0.250. The average molecular weight is 352 g/mol. The summed E-state index contributed by atoms with van der Waals surface area (Å²) in [5.41, 5.74) is -0.0558. The summed E-state index contributed by atoms with van der Waals surface area (Å²) >= 11 is 0. The van der Waals surface area contributed by atoms with E-state index in [0.717, 1.165) is 6.42 Å². The van der Waals surface area contributed by atoms with Gasteiger partial charge in [0, 0.05) is 11.9 Å². The van der Waals surface area contributed by atoms with Crippen LogP contribution in [-0.4, -0.2) is 29.0 Å². The first kappa shape index (κ1) is 17.7. The van der Waals surface area contributed by atoms with Gasteiger partial charge in [0.05, 0.1) is 5.39 Å². The number of rotatable bonds is 7. The van der Waals surface area contributed by atoms with Crippen molar-refractivity contribution in [3.05, 3.63) is 70.6 Å². The summed E-state index contributed by atoms with van der Waals surface area (Å²) in [6, 6.07) is 16.2. The van der Waals surface area contributed by atoms with Crippen LogP contribution in [0.2, 0.25) is 0 Å². The lowest BCUT2D eigenvalue weighted by Gasteiger charge is -2.11. The van der Waals surface area contributed by atoms with Crippen molar-refractivity contribution >= 4 is 16.7 Å². The lowest BCUT2D eigenvalue weighted by Crippen LogP contribution is -2.26. The van der Waals surface area contributed by atoms with Crippen molar-refractivity contribution in [1.29, 1.82) is 0 Å². The van der Waals surface area contributed by atoms with Gasteiger partial charge < -0.3 is 9.47 Å². The van der Waals surface area contributed by atoms with Gasteiger partial charge in [0.1, 0.15) is 19.0 Å². The number of carbonyl (C=O) groups excluding carboxylic acids is 1. The van der Waals surface area contributed by atoms with E-state index in [2.05, 4.69) is 5.10 Å². The Morgan fingerprint density at radius 3 is 2.42 bits per heavy atom. The molecule has 3 rings (SSSR count). The van der Waals surface area contributed by atoms with E-state index in [0.29, 0.717) is 23.1 Å². The minimum atomic E-state index is -0.567. The second-order valence-corrected chi connectivity index (χ2v) is 5.72.